The number of anilines is 1. The first kappa shape index (κ1) is 32.0. The molecule has 3 heterocycles. The van der Waals surface area contributed by atoms with E-state index in [4.69, 9.17) is 4.74 Å². The van der Waals surface area contributed by atoms with Crippen LogP contribution in [0, 0.1) is 31.6 Å². The lowest BCUT2D eigenvalue weighted by atomic mass is 9.66. The molecule has 3 unspecified atom stereocenters. The van der Waals surface area contributed by atoms with Crippen molar-refractivity contribution in [2.45, 2.75) is 68.5 Å². The van der Waals surface area contributed by atoms with Gasteiger partial charge in [0.25, 0.3) is 5.91 Å². The first-order chi connectivity index (χ1) is 21.2. The van der Waals surface area contributed by atoms with Crippen molar-refractivity contribution in [3.05, 3.63) is 90.5 Å². The van der Waals surface area contributed by atoms with Crippen molar-refractivity contribution in [1.82, 2.24) is 4.90 Å². The fourth-order valence-electron chi connectivity index (χ4n) is 7.63. The van der Waals surface area contributed by atoms with Gasteiger partial charge in [-0.1, -0.05) is 61.5 Å². The van der Waals surface area contributed by atoms with E-state index in [1.807, 2.05) is 62.4 Å². The minimum atomic E-state index is -0.871. The zero-order valence-electron chi connectivity index (χ0n) is 26.0. The number of aryl methyl sites for hydroxylation is 2. The molecule has 5 rings (SSSR count). The van der Waals surface area contributed by atoms with Crippen LogP contribution in [0.5, 0.6) is 0 Å². The van der Waals surface area contributed by atoms with Crippen LogP contribution in [-0.2, 0) is 25.5 Å². The number of amides is 2. The van der Waals surface area contributed by atoms with Gasteiger partial charge in [-0.15, -0.1) is 24.9 Å². The molecule has 3 aliphatic heterocycles. The number of aliphatic hydroxyl groups excluding tert-OH is 1. The molecular weight excluding hydrogens is 572 g/mol. The normalized spacial score (nSPS) is 27.6. The number of ether oxygens (including phenoxy) is 1. The highest BCUT2D eigenvalue weighted by molar-refractivity contribution is 8.02. The minimum absolute atomic E-state index is 0.00419. The quantitative estimate of drug-likeness (QED) is 0.187. The Hall–Kier alpha value is -3.36. The zero-order chi connectivity index (χ0) is 31.6. The average Bonchev–Trinajstić information content (AvgIpc) is 3.62. The number of unbranched alkanes of at least 4 members (excludes halogenated alkanes) is 1. The van der Waals surface area contributed by atoms with Crippen LogP contribution in [0.1, 0.15) is 42.9 Å². The highest BCUT2D eigenvalue weighted by Crippen LogP contribution is 2.69. The van der Waals surface area contributed by atoms with Crippen molar-refractivity contribution in [1.29, 1.82) is 0 Å². The summed E-state index contributed by atoms with van der Waals surface area (Å²) >= 11 is 1.62. The number of fused-ring (bicyclic) bond motifs is 1. The van der Waals surface area contributed by atoms with Crippen molar-refractivity contribution in [2.24, 2.45) is 17.8 Å². The lowest BCUT2D eigenvalue weighted by molar-refractivity contribution is -0.155. The number of benzene rings is 2. The maximum atomic E-state index is 15.1. The Bertz CT molecular complexity index is 1410. The maximum Gasteiger partial charge on any atom is 0.310 e. The number of hydrogen-bond donors (Lipinski definition) is 1. The molecule has 2 bridgehead atoms. The van der Waals surface area contributed by atoms with Crippen LogP contribution >= 0.6 is 11.8 Å². The van der Waals surface area contributed by atoms with Gasteiger partial charge in [0.15, 0.2) is 0 Å². The van der Waals surface area contributed by atoms with Crippen molar-refractivity contribution in [3.63, 3.8) is 0 Å². The van der Waals surface area contributed by atoms with Gasteiger partial charge in [0, 0.05) is 17.5 Å². The molecule has 44 heavy (non-hydrogen) atoms. The number of allylic oxidation sites excluding steroid dienone is 1. The molecule has 7 atom stereocenters. The Morgan fingerprint density at radius 3 is 2.61 bits per heavy atom. The summed E-state index contributed by atoms with van der Waals surface area (Å²) in [6.07, 6.45) is 6.00. The van der Waals surface area contributed by atoms with Crippen molar-refractivity contribution >= 4 is 35.2 Å². The summed E-state index contributed by atoms with van der Waals surface area (Å²) in [5, 5.41) is 10.7. The predicted molar refractivity (Wildman–Crippen MR) is 175 cm³/mol. The Morgan fingerprint density at radius 1 is 1.18 bits per heavy atom. The number of esters is 1. The van der Waals surface area contributed by atoms with Crippen LogP contribution < -0.4 is 4.90 Å². The van der Waals surface area contributed by atoms with Gasteiger partial charge < -0.3 is 19.6 Å². The van der Waals surface area contributed by atoms with E-state index in [-0.39, 0.29) is 48.7 Å². The van der Waals surface area contributed by atoms with Crippen molar-refractivity contribution in [2.75, 3.05) is 24.7 Å². The van der Waals surface area contributed by atoms with Crippen molar-refractivity contribution < 1.29 is 24.2 Å². The van der Waals surface area contributed by atoms with Crippen LogP contribution in [0.4, 0.5) is 5.69 Å². The zero-order valence-corrected chi connectivity index (χ0v) is 26.8. The third kappa shape index (κ3) is 5.51. The Kier molecular flexibility index (Phi) is 9.71. The van der Waals surface area contributed by atoms with E-state index >= 15 is 4.79 Å². The molecular formula is C36H44N2O5S. The molecule has 1 N–H and O–H groups in total. The number of carbonyl (C=O) groups is 3. The Balaban J connectivity index is 1.61. The summed E-state index contributed by atoms with van der Waals surface area (Å²) in [7, 11) is 0. The van der Waals surface area contributed by atoms with Gasteiger partial charge in [0.2, 0.25) is 5.91 Å². The molecule has 0 saturated carbocycles. The van der Waals surface area contributed by atoms with Gasteiger partial charge in [0.1, 0.15) is 6.04 Å². The fourth-order valence-corrected chi connectivity index (χ4v) is 10.0. The largest absolute Gasteiger partial charge is 0.465 e. The van der Waals surface area contributed by atoms with E-state index in [1.165, 1.54) is 0 Å². The number of hydrogen-bond acceptors (Lipinski definition) is 6. The van der Waals surface area contributed by atoms with Gasteiger partial charge >= 0.3 is 5.97 Å². The SMILES string of the molecule is C=CCCCOC(=O)[C@@H]1[C@@H]2CC(C)C3(S2)C(C(=O)N(CC=C)c2cc(C)ccc2C)N([C@@H](CO)Cc2ccccc2)C(=O)[C@H]13. The van der Waals surface area contributed by atoms with E-state index in [1.54, 1.807) is 33.7 Å². The highest BCUT2D eigenvalue weighted by atomic mass is 32.2. The second kappa shape index (κ2) is 13.3. The first-order valence-corrected chi connectivity index (χ1v) is 16.5. The Morgan fingerprint density at radius 2 is 1.93 bits per heavy atom. The van der Waals surface area contributed by atoms with Gasteiger partial charge in [0.05, 0.1) is 35.8 Å². The Labute approximate surface area is 265 Å². The molecule has 0 aliphatic carbocycles. The molecule has 0 aromatic heterocycles. The molecule has 3 aliphatic rings. The van der Waals surface area contributed by atoms with Crippen LogP contribution in [0.15, 0.2) is 73.8 Å². The molecule has 2 aromatic rings. The van der Waals surface area contributed by atoms with E-state index in [9.17, 15) is 14.7 Å². The first-order valence-electron chi connectivity index (χ1n) is 15.6. The lowest BCUT2D eigenvalue weighted by Crippen LogP contribution is -2.59. The second-order valence-corrected chi connectivity index (χ2v) is 14.0. The van der Waals surface area contributed by atoms with Gasteiger partial charge in [-0.05, 0) is 68.2 Å². The van der Waals surface area contributed by atoms with Crippen LogP contribution in [0.25, 0.3) is 0 Å². The predicted octanol–water partition coefficient (Wildman–Crippen LogP) is 5.27. The van der Waals surface area contributed by atoms with Crippen LogP contribution in [0.3, 0.4) is 0 Å². The molecule has 8 heteroatoms. The molecule has 3 saturated heterocycles. The monoisotopic (exact) mass is 616 g/mol. The molecule has 1 spiro atoms. The van der Waals surface area contributed by atoms with Crippen LogP contribution in [-0.4, -0.2) is 69.6 Å². The highest BCUT2D eigenvalue weighted by Gasteiger charge is 2.77. The smallest absolute Gasteiger partial charge is 0.310 e. The summed E-state index contributed by atoms with van der Waals surface area (Å²) in [6.45, 7) is 14.0. The van der Waals surface area contributed by atoms with E-state index in [0.717, 1.165) is 28.8 Å². The number of nitrogens with zero attached hydrogens (tertiary/aromatic N) is 2. The van der Waals surface area contributed by atoms with Gasteiger partial charge in [-0.3, -0.25) is 14.4 Å². The molecule has 2 amide bonds. The van der Waals surface area contributed by atoms with Crippen LogP contribution in [0.2, 0.25) is 0 Å². The van der Waals surface area contributed by atoms with Gasteiger partial charge in [-0.25, -0.2) is 0 Å². The minimum Gasteiger partial charge on any atom is -0.465 e. The lowest BCUT2D eigenvalue weighted by Gasteiger charge is -2.42. The number of thioether (sulfide) groups is 1. The standard InChI is InChI=1S/C36H44N2O5S/c1-6-8-12-18-43-35(42)30-29-20-25(5)36(44-29)31(30)33(40)38(27(22-39)21-26-13-10-9-11-14-26)32(36)34(41)37(17-7-2)28-19-23(3)15-16-24(28)4/h6-7,9-11,13-16,19,25,27,29-32,39H,1-2,8,12,17-18,20-22H2,3-5H3/t25?,27-,29+,30-,31+,32?,36?/m1/s1. The topological polar surface area (TPSA) is 87.2 Å². The number of rotatable bonds is 13. The van der Waals surface area contributed by atoms with E-state index < -0.39 is 28.7 Å². The second-order valence-electron chi connectivity index (χ2n) is 12.5. The number of carbonyl (C=O) groups excluding carboxylic acids is 3. The summed E-state index contributed by atoms with van der Waals surface area (Å²) in [5.41, 5.74) is 3.69. The number of likely N-dealkylation sites (tertiary alicyclic amines) is 1. The van der Waals surface area contributed by atoms with E-state index in [2.05, 4.69) is 20.1 Å². The average molecular weight is 617 g/mol. The summed E-state index contributed by atoms with van der Waals surface area (Å²) in [6, 6.07) is 14.2. The molecule has 0 radical (unpaired) electrons. The maximum absolute atomic E-state index is 15.1. The molecule has 234 valence electrons. The third-order valence-corrected chi connectivity index (χ3v) is 11.7. The molecule has 2 aromatic carbocycles. The number of aliphatic hydroxyl groups is 1. The van der Waals surface area contributed by atoms with E-state index in [0.29, 0.717) is 19.3 Å². The van der Waals surface area contributed by atoms with Crippen molar-refractivity contribution in [3.8, 4) is 0 Å². The fraction of sp³-hybridized carbons (Fsp3) is 0.472. The summed E-state index contributed by atoms with van der Waals surface area (Å²) in [4.78, 5) is 46.9. The summed E-state index contributed by atoms with van der Waals surface area (Å²) in [5.74, 6) is -2.18. The molecule has 7 nitrogen and oxygen atoms in total. The molecule has 3 fully saturated rings. The third-order valence-electron chi connectivity index (χ3n) is 9.64. The van der Waals surface area contributed by atoms with Gasteiger partial charge in [-0.2, -0.15) is 0 Å². The summed E-state index contributed by atoms with van der Waals surface area (Å²) < 4.78 is 4.91.